The lowest BCUT2D eigenvalue weighted by Crippen LogP contribution is -1.96. The van der Waals surface area contributed by atoms with E-state index < -0.39 is 0 Å². The summed E-state index contributed by atoms with van der Waals surface area (Å²) in [5, 5.41) is 0. The van der Waals surface area contributed by atoms with Crippen LogP contribution in [0.3, 0.4) is 0 Å². The molecule has 2 nitrogen and oxygen atoms in total. The summed E-state index contributed by atoms with van der Waals surface area (Å²) in [4.78, 5) is 8.95. The molecule has 0 bridgehead atoms. The molecule has 0 saturated heterocycles. The summed E-state index contributed by atoms with van der Waals surface area (Å²) < 4.78 is 0. The van der Waals surface area contributed by atoms with E-state index in [2.05, 4.69) is 16.9 Å². The quantitative estimate of drug-likeness (QED) is 0.741. The van der Waals surface area contributed by atoms with Crippen LogP contribution < -0.4 is 0 Å². The van der Waals surface area contributed by atoms with E-state index in [9.17, 15) is 0 Å². The highest BCUT2D eigenvalue weighted by atomic mass is 14.9. The van der Waals surface area contributed by atoms with Gasteiger partial charge in [-0.1, -0.05) is 37.3 Å². The molecule has 0 saturated carbocycles. The third-order valence-electron chi connectivity index (χ3n) is 2.30. The lowest BCUT2D eigenvalue weighted by atomic mass is 10.2. The van der Waals surface area contributed by atoms with Crippen molar-refractivity contribution in [1.29, 1.82) is 0 Å². The van der Waals surface area contributed by atoms with Gasteiger partial charge in [0.25, 0.3) is 0 Å². The molecule has 15 heavy (non-hydrogen) atoms. The molecule has 0 amide bonds. The van der Waals surface area contributed by atoms with Crippen LogP contribution in [0.5, 0.6) is 0 Å². The first-order valence-corrected chi connectivity index (χ1v) is 5.19. The highest BCUT2D eigenvalue weighted by Gasteiger charge is 2.02. The lowest BCUT2D eigenvalue weighted by molar-refractivity contribution is 0.983. The van der Waals surface area contributed by atoms with Crippen LogP contribution in [0, 0.1) is 6.92 Å². The highest BCUT2D eigenvalue weighted by molar-refractivity contribution is 5.54. The van der Waals surface area contributed by atoms with Gasteiger partial charge < -0.3 is 0 Å². The molecular formula is C13H14N2. The molecule has 0 N–H and O–H groups in total. The van der Waals surface area contributed by atoms with Gasteiger partial charge in [-0.15, -0.1) is 0 Å². The van der Waals surface area contributed by atoms with Crippen LogP contribution in [-0.2, 0) is 6.42 Å². The fourth-order valence-corrected chi connectivity index (χ4v) is 1.53. The summed E-state index contributed by atoms with van der Waals surface area (Å²) in [6.07, 6.45) is 0.948. The van der Waals surface area contributed by atoms with Gasteiger partial charge in [0.05, 0.1) is 0 Å². The number of hydrogen-bond acceptors (Lipinski definition) is 2. The van der Waals surface area contributed by atoms with Crippen LogP contribution in [0.4, 0.5) is 0 Å². The topological polar surface area (TPSA) is 25.8 Å². The molecule has 1 aromatic carbocycles. The molecule has 0 aliphatic rings. The third-order valence-corrected chi connectivity index (χ3v) is 2.30. The molecule has 2 heteroatoms. The Morgan fingerprint density at radius 3 is 2.47 bits per heavy atom. The fourth-order valence-electron chi connectivity index (χ4n) is 1.53. The molecule has 76 valence electrons. The molecule has 0 unspecified atom stereocenters. The minimum Gasteiger partial charge on any atom is -0.233 e. The summed E-state index contributed by atoms with van der Waals surface area (Å²) in [5.41, 5.74) is 3.21. The van der Waals surface area contributed by atoms with Gasteiger partial charge in [-0.2, -0.15) is 0 Å². The van der Waals surface area contributed by atoms with E-state index >= 15 is 0 Å². The molecule has 1 aromatic heterocycles. The number of aromatic nitrogens is 2. The van der Waals surface area contributed by atoms with Crippen molar-refractivity contribution in [1.82, 2.24) is 9.97 Å². The van der Waals surface area contributed by atoms with Crippen LogP contribution in [0.15, 0.2) is 36.4 Å². The average Bonchev–Trinajstić information content (AvgIpc) is 2.29. The number of benzene rings is 1. The van der Waals surface area contributed by atoms with Crippen LogP contribution in [-0.4, -0.2) is 9.97 Å². The van der Waals surface area contributed by atoms with Gasteiger partial charge in [0.15, 0.2) is 5.82 Å². The monoisotopic (exact) mass is 198 g/mol. The van der Waals surface area contributed by atoms with E-state index in [1.165, 1.54) is 0 Å². The molecular weight excluding hydrogens is 184 g/mol. The molecule has 0 fully saturated rings. The summed E-state index contributed by atoms with van der Waals surface area (Å²) >= 11 is 0. The standard InChI is InChI=1S/C13H14N2/c1-3-12-9-10(2)14-13(15-12)11-7-5-4-6-8-11/h4-9H,3H2,1-2H3. The number of rotatable bonds is 2. The Kier molecular flexibility index (Phi) is 2.77. The van der Waals surface area contributed by atoms with Crippen LogP contribution >= 0.6 is 0 Å². The maximum absolute atomic E-state index is 4.51. The summed E-state index contributed by atoms with van der Waals surface area (Å²) in [5.74, 6) is 0.826. The van der Waals surface area contributed by atoms with E-state index in [-0.39, 0.29) is 0 Å². The Bertz CT molecular complexity index is 449. The van der Waals surface area contributed by atoms with Crippen molar-refractivity contribution in [3.05, 3.63) is 47.8 Å². The van der Waals surface area contributed by atoms with E-state index in [1.54, 1.807) is 0 Å². The zero-order valence-corrected chi connectivity index (χ0v) is 9.07. The average molecular weight is 198 g/mol. The van der Waals surface area contributed by atoms with Gasteiger partial charge in [0, 0.05) is 17.0 Å². The predicted octanol–water partition coefficient (Wildman–Crippen LogP) is 3.01. The molecule has 0 aliphatic heterocycles. The minimum absolute atomic E-state index is 0.826. The van der Waals surface area contributed by atoms with Crippen LogP contribution in [0.1, 0.15) is 18.3 Å². The largest absolute Gasteiger partial charge is 0.233 e. The highest BCUT2D eigenvalue weighted by Crippen LogP contribution is 2.15. The second-order valence-electron chi connectivity index (χ2n) is 3.54. The molecule has 2 aromatic rings. The van der Waals surface area contributed by atoms with Gasteiger partial charge in [-0.3, -0.25) is 0 Å². The second-order valence-corrected chi connectivity index (χ2v) is 3.54. The first-order valence-electron chi connectivity index (χ1n) is 5.19. The molecule has 1 heterocycles. The molecule has 0 atom stereocenters. The molecule has 2 rings (SSSR count). The van der Waals surface area contributed by atoms with Crippen molar-refractivity contribution >= 4 is 0 Å². The summed E-state index contributed by atoms with van der Waals surface area (Å²) in [6.45, 7) is 4.11. The van der Waals surface area contributed by atoms with Crippen molar-refractivity contribution in [2.45, 2.75) is 20.3 Å². The zero-order valence-electron chi connectivity index (χ0n) is 9.07. The third kappa shape index (κ3) is 2.21. The van der Waals surface area contributed by atoms with Crippen molar-refractivity contribution in [2.24, 2.45) is 0 Å². The second kappa shape index (κ2) is 4.22. The van der Waals surface area contributed by atoms with Crippen LogP contribution in [0.2, 0.25) is 0 Å². The first-order chi connectivity index (χ1) is 7.29. The van der Waals surface area contributed by atoms with Gasteiger partial charge in [0.2, 0.25) is 0 Å². The Labute approximate surface area is 90.0 Å². The van der Waals surface area contributed by atoms with E-state index in [0.29, 0.717) is 0 Å². The molecule has 0 spiro atoms. The van der Waals surface area contributed by atoms with Crippen molar-refractivity contribution in [2.75, 3.05) is 0 Å². The maximum atomic E-state index is 4.51. The van der Waals surface area contributed by atoms with Gasteiger partial charge in [-0.25, -0.2) is 9.97 Å². The van der Waals surface area contributed by atoms with Gasteiger partial charge in [-0.05, 0) is 19.4 Å². The smallest absolute Gasteiger partial charge is 0.159 e. The lowest BCUT2D eigenvalue weighted by Gasteiger charge is -2.04. The minimum atomic E-state index is 0.826. The van der Waals surface area contributed by atoms with Crippen molar-refractivity contribution < 1.29 is 0 Å². The Morgan fingerprint density at radius 2 is 1.80 bits per heavy atom. The Morgan fingerprint density at radius 1 is 1.07 bits per heavy atom. The SMILES string of the molecule is CCc1cc(C)nc(-c2ccccc2)n1. The fraction of sp³-hybridized carbons (Fsp3) is 0.231. The van der Waals surface area contributed by atoms with Crippen molar-refractivity contribution in [3.63, 3.8) is 0 Å². The number of hydrogen-bond donors (Lipinski definition) is 0. The van der Waals surface area contributed by atoms with Gasteiger partial charge >= 0.3 is 0 Å². The van der Waals surface area contributed by atoms with Crippen LogP contribution in [0.25, 0.3) is 11.4 Å². The van der Waals surface area contributed by atoms with Gasteiger partial charge in [0.1, 0.15) is 0 Å². The number of nitrogens with zero attached hydrogens (tertiary/aromatic N) is 2. The van der Waals surface area contributed by atoms with Crippen molar-refractivity contribution in [3.8, 4) is 11.4 Å². The first kappa shape index (κ1) is 9.84. The molecule has 0 radical (unpaired) electrons. The maximum Gasteiger partial charge on any atom is 0.159 e. The predicted molar refractivity (Wildman–Crippen MR) is 61.6 cm³/mol. The molecule has 0 aliphatic carbocycles. The van der Waals surface area contributed by atoms with E-state index in [4.69, 9.17) is 0 Å². The summed E-state index contributed by atoms with van der Waals surface area (Å²) in [7, 11) is 0. The Balaban J connectivity index is 2.49. The summed E-state index contributed by atoms with van der Waals surface area (Å²) in [6, 6.07) is 12.1. The zero-order chi connectivity index (χ0) is 10.7. The number of aryl methyl sites for hydroxylation is 2. The normalized spacial score (nSPS) is 10.3. The van der Waals surface area contributed by atoms with E-state index in [0.717, 1.165) is 29.2 Å². The Hall–Kier alpha value is -1.70. The van der Waals surface area contributed by atoms with E-state index in [1.807, 2.05) is 43.3 Å².